The van der Waals surface area contributed by atoms with E-state index in [4.69, 9.17) is 20.4 Å². The summed E-state index contributed by atoms with van der Waals surface area (Å²) in [6.45, 7) is 3.72. The standard InChI is InChI=1S/C20H16F3N5O4/c1-12(17(29)30)10-32-19(2,11-28-9-13(6-24)8-26-28)18(31)27-15-4-3-14(7-25)16(5-15)20(21,22)23/h3-5,8-9H,1,10-11H2,2H3,(H,27,31)(H,29,30)/t19-/m0/s1. The van der Waals surface area contributed by atoms with E-state index >= 15 is 0 Å². The van der Waals surface area contributed by atoms with E-state index in [0.717, 1.165) is 12.1 Å². The molecule has 166 valence electrons. The summed E-state index contributed by atoms with van der Waals surface area (Å²) in [5.74, 6) is -2.27. The maximum Gasteiger partial charge on any atom is 0.417 e. The minimum absolute atomic E-state index is 0.185. The Morgan fingerprint density at radius 1 is 1.31 bits per heavy atom. The number of anilines is 1. The number of halogens is 3. The smallest absolute Gasteiger partial charge is 0.417 e. The van der Waals surface area contributed by atoms with Crippen LogP contribution in [-0.2, 0) is 27.0 Å². The van der Waals surface area contributed by atoms with E-state index < -0.39 is 41.4 Å². The highest BCUT2D eigenvalue weighted by Crippen LogP contribution is 2.33. The molecule has 1 aromatic carbocycles. The van der Waals surface area contributed by atoms with Gasteiger partial charge in [0.1, 0.15) is 6.07 Å². The van der Waals surface area contributed by atoms with E-state index in [1.54, 1.807) is 0 Å². The number of aromatic nitrogens is 2. The number of benzene rings is 1. The van der Waals surface area contributed by atoms with Crippen LogP contribution < -0.4 is 5.32 Å². The first-order chi connectivity index (χ1) is 14.9. The van der Waals surface area contributed by atoms with Gasteiger partial charge in [0, 0.05) is 11.9 Å². The lowest BCUT2D eigenvalue weighted by molar-refractivity contribution is -0.143. The number of carboxylic acids is 1. The molecular weight excluding hydrogens is 431 g/mol. The van der Waals surface area contributed by atoms with Crippen molar-refractivity contribution in [2.24, 2.45) is 0 Å². The normalized spacial score (nSPS) is 12.8. The Bertz CT molecular complexity index is 1140. The van der Waals surface area contributed by atoms with Crippen LogP contribution in [0.2, 0.25) is 0 Å². The second-order valence-corrected chi connectivity index (χ2v) is 6.79. The van der Waals surface area contributed by atoms with E-state index in [1.807, 2.05) is 6.07 Å². The van der Waals surface area contributed by atoms with Gasteiger partial charge >= 0.3 is 12.1 Å². The fraction of sp³-hybridized carbons (Fsp3) is 0.250. The highest BCUT2D eigenvalue weighted by atomic mass is 19.4. The van der Waals surface area contributed by atoms with Gasteiger partial charge in [-0.1, -0.05) is 6.58 Å². The van der Waals surface area contributed by atoms with Gasteiger partial charge in [0.25, 0.3) is 5.91 Å². The largest absolute Gasteiger partial charge is 0.478 e. The van der Waals surface area contributed by atoms with Gasteiger partial charge in [0.15, 0.2) is 5.60 Å². The number of carbonyl (C=O) groups excluding carboxylic acids is 1. The first-order valence-corrected chi connectivity index (χ1v) is 8.80. The van der Waals surface area contributed by atoms with Gasteiger partial charge in [-0.25, -0.2) is 4.79 Å². The lowest BCUT2D eigenvalue weighted by Gasteiger charge is -2.29. The van der Waals surface area contributed by atoms with Crippen molar-refractivity contribution in [1.29, 1.82) is 10.5 Å². The number of nitrogens with zero attached hydrogens (tertiary/aromatic N) is 4. The van der Waals surface area contributed by atoms with Crippen LogP contribution in [0.5, 0.6) is 0 Å². The summed E-state index contributed by atoms with van der Waals surface area (Å²) in [6, 6.07) is 5.92. The molecule has 9 nitrogen and oxygen atoms in total. The molecule has 12 heteroatoms. The van der Waals surface area contributed by atoms with Crippen molar-refractivity contribution in [2.75, 3.05) is 11.9 Å². The molecule has 0 unspecified atom stereocenters. The first-order valence-electron chi connectivity index (χ1n) is 8.80. The zero-order chi connectivity index (χ0) is 24.1. The van der Waals surface area contributed by atoms with E-state index in [-0.39, 0.29) is 23.4 Å². The van der Waals surface area contributed by atoms with Crippen LogP contribution >= 0.6 is 0 Å². The zero-order valence-corrected chi connectivity index (χ0v) is 16.6. The predicted molar refractivity (Wildman–Crippen MR) is 103 cm³/mol. The Labute approximate surface area is 179 Å². The maximum atomic E-state index is 13.2. The summed E-state index contributed by atoms with van der Waals surface area (Å²) in [5, 5.41) is 33.0. The Kier molecular flexibility index (Phi) is 7.03. The van der Waals surface area contributed by atoms with E-state index in [0.29, 0.717) is 6.07 Å². The van der Waals surface area contributed by atoms with Gasteiger partial charge in [-0.3, -0.25) is 9.48 Å². The highest BCUT2D eigenvalue weighted by Gasteiger charge is 2.37. The Morgan fingerprint density at radius 3 is 2.53 bits per heavy atom. The van der Waals surface area contributed by atoms with Crippen LogP contribution in [-0.4, -0.2) is 39.0 Å². The van der Waals surface area contributed by atoms with Crippen LogP contribution in [0, 0.1) is 22.7 Å². The van der Waals surface area contributed by atoms with Crippen molar-refractivity contribution in [3.8, 4) is 12.1 Å². The SMILES string of the molecule is C=C(CO[C@@](C)(Cn1cc(C#N)cn1)C(=O)Nc1ccc(C#N)c(C(F)(F)F)c1)C(=O)O. The molecule has 1 heterocycles. The number of ether oxygens (including phenoxy) is 1. The summed E-state index contributed by atoms with van der Waals surface area (Å²) in [4.78, 5) is 24.0. The molecule has 0 aliphatic heterocycles. The Hall–Kier alpha value is -4.16. The molecule has 0 saturated carbocycles. The highest BCUT2D eigenvalue weighted by molar-refractivity contribution is 5.97. The number of nitriles is 2. The molecule has 1 amide bonds. The Morgan fingerprint density at radius 2 is 2.00 bits per heavy atom. The number of aliphatic carboxylic acids is 1. The van der Waals surface area contributed by atoms with Crippen LogP contribution in [0.4, 0.5) is 18.9 Å². The summed E-state index contributed by atoms with van der Waals surface area (Å²) in [6.07, 6.45) is -2.29. The molecule has 0 saturated heterocycles. The van der Waals surface area contributed by atoms with Crippen molar-refractivity contribution in [3.05, 3.63) is 59.4 Å². The molecule has 2 N–H and O–H groups in total. The molecule has 1 atom stereocenters. The molecule has 0 fully saturated rings. The van der Waals surface area contributed by atoms with Crippen molar-refractivity contribution in [1.82, 2.24) is 9.78 Å². The molecule has 0 aliphatic rings. The molecule has 0 bridgehead atoms. The average molecular weight is 447 g/mol. The monoisotopic (exact) mass is 447 g/mol. The number of hydrogen-bond acceptors (Lipinski definition) is 6. The molecule has 1 aromatic heterocycles. The van der Waals surface area contributed by atoms with Gasteiger partial charge in [0.05, 0.1) is 47.7 Å². The Balaban J connectivity index is 2.35. The lowest BCUT2D eigenvalue weighted by atomic mass is 10.0. The summed E-state index contributed by atoms with van der Waals surface area (Å²) in [7, 11) is 0. The number of carboxylic acid groups (broad SMARTS) is 1. The molecule has 0 radical (unpaired) electrons. The second-order valence-electron chi connectivity index (χ2n) is 6.79. The molecule has 0 spiro atoms. The number of alkyl halides is 3. The van der Waals surface area contributed by atoms with E-state index in [9.17, 15) is 22.8 Å². The summed E-state index contributed by atoms with van der Waals surface area (Å²) in [5.41, 5.74) is -4.10. The molecular formula is C20H16F3N5O4. The first kappa shape index (κ1) is 24.1. The van der Waals surface area contributed by atoms with Crippen LogP contribution in [0.3, 0.4) is 0 Å². The lowest BCUT2D eigenvalue weighted by Crippen LogP contribution is -2.47. The fourth-order valence-electron chi connectivity index (χ4n) is 2.53. The van der Waals surface area contributed by atoms with E-state index in [2.05, 4.69) is 17.0 Å². The van der Waals surface area contributed by atoms with Crippen molar-refractivity contribution in [2.45, 2.75) is 25.2 Å². The quantitative estimate of drug-likeness (QED) is 0.593. The third-order valence-corrected chi connectivity index (χ3v) is 4.28. The van der Waals surface area contributed by atoms with E-state index in [1.165, 1.54) is 30.1 Å². The predicted octanol–water partition coefficient (Wildman–Crippen LogP) is 2.70. The van der Waals surface area contributed by atoms with Crippen molar-refractivity contribution >= 4 is 17.6 Å². The molecule has 2 rings (SSSR count). The van der Waals surface area contributed by atoms with Gasteiger partial charge in [-0.2, -0.15) is 28.8 Å². The molecule has 0 aliphatic carbocycles. The second kappa shape index (κ2) is 9.32. The number of hydrogen-bond donors (Lipinski definition) is 2. The minimum Gasteiger partial charge on any atom is -0.478 e. The van der Waals surface area contributed by atoms with Crippen LogP contribution in [0.15, 0.2) is 42.7 Å². The van der Waals surface area contributed by atoms with Gasteiger partial charge in [-0.15, -0.1) is 0 Å². The number of nitrogens with one attached hydrogen (secondary N) is 1. The topological polar surface area (TPSA) is 141 Å². The molecule has 32 heavy (non-hydrogen) atoms. The van der Waals surface area contributed by atoms with Crippen LogP contribution in [0.1, 0.15) is 23.6 Å². The van der Waals surface area contributed by atoms with Crippen molar-refractivity contribution in [3.63, 3.8) is 0 Å². The van der Waals surface area contributed by atoms with Gasteiger partial charge in [-0.05, 0) is 25.1 Å². The van der Waals surface area contributed by atoms with Crippen molar-refractivity contribution < 1.29 is 32.6 Å². The number of amides is 1. The van der Waals surface area contributed by atoms with Gasteiger partial charge in [0.2, 0.25) is 0 Å². The average Bonchev–Trinajstić information content (AvgIpc) is 3.18. The number of rotatable bonds is 8. The summed E-state index contributed by atoms with van der Waals surface area (Å²) >= 11 is 0. The maximum absolute atomic E-state index is 13.2. The van der Waals surface area contributed by atoms with Crippen LogP contribution in [0.25, 0.3) is 0 Å². The third kappa shape index (κ3) is 5.71. The molecule has 2 aromatic rings. The summed E-state index contributed by atoms with van der Waals surface area (Å²) < 4.78 is 46.3. The van der Waals surface area contributed by atoms with Gasteiger partial charge < -0.3 is 15.2 Å². The zero-order valence-electron chi connectivity index (χ0n) is 16.6. The fourth-order valence-corrected chi connectivity index (χ4v) is 2.53. The number of carbonyl (C=O) groups is 2. The minimum atomic E-state index is -4.83. The third-order valence-electron chi connectivity index (χ3n) is 4.28.